The highest BCUT2D eigenvalue weighted by Crippen LogP contribution is 2.37. The van der Waals surface area contributed by atoms with E-state index in [0.717, 1.165) is 38.3 Å². The molecule has 1 aliphatic heterocycles. The van der Waals surface area contributed by atoms with Crippen molar-refractivity contribution in [2.24, 2.45) is 11.8 Å². The smallest absolute Gasteiger partial charge is 0.320 e. The van der Waals surface area contributed by atoms with Crippen LogP contribution in [-0.2, 0) is 4.79 Å². The fourth-order valence-corrected chi connectivity index (χ4v) is 3.99. The zero-order chi connectivity index (χ0) is 14.8. The van der Waals surface area contributed by atoms with Crippen LogP contribution in [0.5, 0.6) is 0 Å². The molecule has 2 unspecified atom stereocenters. The highest BCUT2D eigenvalue weighted by molar-refractivity contribution is 5.76. The molecule has 3 fully saturated rings. The van der Waals surface area contributed by atoms with Gasteiger partial charge in [-0.25, -0.2) is 4.79 Å². The predicted octanol–water partition coefficient (Wildman–Crippen LogP) is 2.56. The number of piperidine rings is 1. The third-order valence-electron chi connectivity index (χ3n) is 5.36. The number of hydrogen-bond donors (Lipinski definition) is 1. The van der Waals surface area contributed by atoms with Gasteiger partial charge in [0.05, 0.1) is 6.42 Å². The van der Waals surface area contributed by atoms with Crippen LogP contribution in [0.4, 0.5) is 4.79 Å². The molecule has 2 amide bonds. The summed E-state index contributed by atoms with van der Waals surface area (Å²) >= 11 is 0. The Kier molecular flexibility index (Phi) is 4.36. The molecule has 0 aromatic carbocycles. The Morgan fingerprint density at radius 1 is 1.05 bits per heavy atom. The number of amides is 2. The molecular weight excluding hydrogens is 268 g/mol. The summed E-state index contributed by atoms with van der Waals surface area (Å²) in [7, 11) is 0. The lowest BCUT2D eigenvalue weighted by Crippen LogP contribution is -2.51. The molecule has 5 heteroatoms. The summed E-state index contributed by atoms with van der Waals surface area (Å²) in [4.78, 5) is 27.3. The van der Waals surface area contributed by atoms with E-state index in [9.17, 15) is 9.59 Å². The number of carboxylic acid groups (broad SMARTS) is 1. The zero-order valence-electron chi connectivity index (χ0n) is 12.7. The molecule has 2 saturated carbocycles. The summed E-state index contributed by atoms with van der Waals surface area (Å²) < 4.78 is 0. The minimum Gasteiger partial charge on any atom is -0.481 e. The van der Waals surface area contributed by atoms with Crippen LogP contribution in [0.2, 0.25) is 0 Å². The number of carboxylic acids is 1. The number of rotatable bonds is 4. The van der Waals surface area contributed by atoms with Crippen molar-refractivity contribution in [3.63, 3.8) is 0 Å². The second-order valence-electron chi connectivity index (χ2n) is 6.89. The van der Waals surface area contributed by atoms with Crippen LogP contribution in [0.1, 0.15) is 51.4 Å². The SMILES string of the molecule is O=C(O)CCN(C(=O)N1CCC2CCCCC2C1)C1CC1. The third kappa shape index (κ3) is 3.50. The number of carbonyl (C=O) groups excluding carboxylic acids is 1. The van der Waals surface area contributed by atoms with Gasteiger partial charge in [-0.1, -0.05) is 19.3 Å². The Morgan fingerprint density at radius 3 is 2.43 bits per heavy atom. The molecule has 3 rings (SSSR count). The number of aliphatic carboxylic acids is 1. The number of urea groups is 1. The van der Waals surface area contributed by atoms with E-state index in [1.54, 1.807) is 0 Å². The van der Waals surface area contributed by atoms with Gasteiger partial charge >= 0.3 is 12.0 Å². The maximum Gasteiger partial charge on any atom is 0.320 e. The predicted molar refractivity (Wildman–Crippen MR) is 79.0 cm³/mol. The fourth-order valence-electron chi connectivity index (χ4n) is 3.99. The lowest BCUT2D eigenvalue weighted by Gasteiger charge is -2.42. The summed E-state index contributed by atoms with van der Waals surface area (Å²) in [6.07, 6.45) is 8.49. The van der Waals surface area contributed by atoms with Crippen LogP contribution in [0.15, 0.2) is 0 Å². The van der Waals surface area contributed by atoms with Crippen molar-refractivity contribution in [1.29, 1.82) is 0 Å². The molecule has 1 heterocycles. The zero-order valence-corrected chi connectivity index (χ0v) is 12.7. The lowest BCUT2D eigenvalue weighted by molar-refractivity contribution is -0.137. The van der Waals surface area contributed by atoms with Gasteiger partial charge in [0, 0.05) is 25.7 Å². The molecule has 21 heavy (non-hydrogen) atoms. The topological polar surface area (TPSA) is 60.9 Å². The second-order valence-corrected chi connectivity index (χ2v) is 6.89. The van der Waals surface area contributed by atoms with Crippen LogP contribution in [0.25, 0.3) is 0 Å². The number of likely N-dealkylation sites (tertiary alicyclic amines) is 1. The molecule has 0 aromatic rings. The maximum absolute atomic E-state index is 12.7. The van der Waals surface area contributed by atoms with E-state index in [1.165, 1.54) is 25.7 Å². The summed E-state index contributed by atoms with van der Waals surface area (Å²) in [5.41, 5.74) is 0. The number of fused-ring (bicyclic) bond motifs is 1. The number of hydrogen-bond acceptors (Lipinski definition) is 2. The van der Waals surface area contributed by atoms with Gasteiger partial charge < -0.3 is 14.9 Å². The van der Waals surface area contributed by atoms with E-state index in [1.807, 2.05) is 9.80 Å². The lowest BCUT2D eigenvalue weighted by atomic mass is 9.75. The average Bonchev–Trinajstić information content (AvgIpc) is 3.31. The van der Waals surface area contributed by atoms with Gasteiger partial charge in [-0.2, -0.15) is 0 Å². The van der Waals surface area contributed by atoms with E-state index in [0.29, 0.717) is 18.5 Å². The first-order valence-electron chi connectivity index (χ1n) is 8.42. The number of nitrogens with zero attached hydrogens (tertiary/aromatic N) is 2. The van der Waals surface area contributed by atoms with Gasteiger partial charge in [0.1, 0.15) is 0 Å². The van der Waals surface area contributed by atoms with E-state index in [2.05, 4.69) is 0 Å². The third-order valence-corrected chi connectivity index (χ3v) is 5.36. The van der Waals surface area contributed by atoms with Gasteiger partial charge in [0.2, 0.25) is 0 Å². The van der Waals surface area contributed by atoms with Crippen molar-refractivity contribution in [1.82, 2.24) is 9.80 Å². The minimum atomic E-state index is -0.820. The molecular formula is C16H26N2O3. The van der Waals surface area contributed by atoms with Crippen molar-refractivity contribution in [2.45, 2.75) is 57.4 Å². The van der Waals surface area contributed by atoms with Crippen molar-refractivity contribution in [3.05, 3.63) is 0 Å². The highest BCUT2D eigenvalue weighted by atomic mass is 16.4. The molecule has 118 valence electrons. The Balaban J connectivity index is 1.58. The molecule has 0 radical (unpaired) electrons. The maximum atomic E-state index is 12.7. The Hall–Kier alpha value is -1.26. The average molecular weight is 294 g/mol. The van der Waals surface area contributed by atoms with Crippen LogP contribution in [0.3, 0.4) is 0 Å². The standard InChI is InChI=1S/C16H26N2O3/c19-15(20)8-10-18(14-5-6-14)16(21)17-9-7-12-3-1-2-4-13(12)11-17/h12-14H,1-11H2,(H,19,20). The second kappa shape index (κ2) is 6.24. The minimum absolute atomic E-state index is 0.0577. The van der Waals surface area contributed by atoms with Crippen LogP contribution in [0, 0.1) is 11.8 Å². The van der Waals surface area contributed by atoms with Crippen molar-refractivity contribution >= 4 is 12.0 Å². The van der Waals surface area contributed by atoms with Crippen molar-refractivity contribution in [2.75, 3.05) is 19.6 Å². The molecule has 2 atom stereocenters. The van der Waals surface area contributed by atoms with Gasteiger partial charge in [-0.05, 0) is 37.5 Å². The van der Waals surface area contributed by atoms with E-state index in [4.69, 9.17) is 5.11 Å². The molecule has 5 nitrogen and oxygen atoms in total. The van der Waals surface area contributed by atoms with Crippen LogP contribution < -0.4 is 0 Å². The van der Waals surface area contributed by atoms with Gasteiger partial charge in [0.15, 0.2) is 0 Å². The van der Waals surface area contributed by atoms with Crippen molar-refractivity contribution in [3.8, 4) is 0 Å². The van der Waals surface area contributed by atoms with E-state index in [-0.39, 0.29) is 12.5 Å². The fraction of sp³-hybridized carbons (Fsp3) is 0.875. The molecule has 1 N–H and O–H groups in total. The molecule has 0 aromatic heterocycles. The molecule has 3 aliphatic rings. The first-order valence-corrected chi connectivity index (χ1v) is 8.42. The Bertz CT molecular complexity index is 408. The van der Waals surface area contributed by atoms with Crippen LogP contribution in [-0.4, -0.2) is 52.6 Å². The van der Waals surface area contributed by atoms with E-state index >= 15 is 0 Å². The van der Waals surface area contributed by atoms with Gasteiger partial charge in [0.25, 0.3) is 0 Å². The first kappa shape index (κ1) is 14.7. The molecule has 1 saturated heterocycles. The molecule has 0 spiro atoms. The van der Waals surface area contributed by atoms with Gasteiger partial charge in [-0.3, -0.25) is 4.79 Å². The quantitative estimate of drug-likeness (QED) is 0.867. The van der Waals surface area contributed by atoms with Crippen molar-refractivity contribution < 1.29 is 14.7 Å². The Morgan fingerprint density at radius 2 is 1.76 bits per heavy atom. The summed E-state index contributed by atoms with van der Waals surface area (Å²) in [6.45, 7) is 2.11. The normalized spacial score (nSPS) is 28.9. The summed E-state index contributed by atoms with van der Waals surface area (Å²) in [5, 5.41) is 8.86. The first-order chi connectivity index (χ1) is 10.1. The summed E-state index contributed by atoms with van der Waals surface area (Å²) in [6, 6.07) is 0.378. The highest BCUT2D eigenvalue weighted by Gasteiger charge is 2.38. The molecule has 2 aliphatic carbocycles. The summed E-state index contributed by atoms with van der Waals surface area (Å²) in [5.74, 6) is 0.674. The van der Waals surface area contributed by atoms with Gasteiger partial charge in [-0.15, -0.1) is 0 Å². The Labute approximate surface area is 126 Å². The number of carbonyl (C=O) groups is 2. The molecule has 0 bridgehead atoms. The monoisotopic (exact) mass is 294 g/mol. The largest absolute Gasteiger partial charge is 0.481 e. The van der Waals surface area contributed by atoms with Crippen LogP contribution >= 0.6 is 0 Å². The van der Waals surface area contributed by atoms with E-state index < -0.39 is 5.97 Å².